The third-order valence-corrected chi connectivity index (χ3v) is 2.99. The van der Waals surface area contributed by atoms with Gasteiger partial charge in [0.2, 0.25) is 0 Å². The van der Waals surface area contributed by atoms with Crippen molar-refractivity contribution < 1.29 is 10.2 Å². The predicted octanol–water partition coefficient (Wildman–Crippen LogP) is 4.38. The lowest BCUT2D eigenvalue weighted by Gasteiger charge is -2.03. The maximum absolute atomic E-state index is 9.57. The Morgan fingerprint density at radius 2 is 1.10 bits per heavy atom. The van der Waals surface area contributed by atoms with Gasteiger partial charge in [0.05, 0.1) is 0 Å². The van der Waals surface area contributed by atoms with E-state index in [1.165, 1.54) is 5.56 Å². The van der Waals surface area contributed by atoms with Gasteiger partial charge in [0.15, 0.2) is 0 Å². The smallest absolute Gasteiger partial charge is 0.119 e. The first-order valence-corrected chi connectivity index (χ1v) is 6.80. The molecule has 0 aliphatic carbocycles. The zero-order valence-electron chi connectivity index (χ0n) is 11.7. The number of hydrogen-bond donors (Lipinski definition) is 2. The summed E-state index contributed by atoms with van der Waals surface area (Å²) in [5.41, 5.74) is 2.19. The Bertz CT molecular complexity index is 649. The molecular formula is C19H18O2. The number of hydrogen-bond acceptors (Lipinski definition) is 2. The van der Waals surface area contributed by atoms with Crippen LogP contribution in [0.4, 0.5) is 0 Å². The Balaban J connectivity index is 0.000000194. The van der Waals surface area contributed by atoms with Gasteiger partial charge in [-0.25, -0.2) is 0 Å². The molecule has 3 rings (SSSR count). The standard InChI is InChI=1S/C13H12O.C6H6O/c14-13-9-5-4-8-12(13)10-11-6-2-1-3-7-11;7-6-4-2-1-3-5-6/h1-9,14H,10H2;1-5,7H. The molecule has 21 heavy (non-hydrogen) atoms. The summed E-state index contributed by atoms with van der Waals surface area (Å²) in [6.45, 7) is 0. The second-order valence-electron chi connectivity index (χ2n) is 4.63. The molecule has 0 amide bonds. The number of rotatable bonds is 2. The van der Waals surface area contributed by atoms with Crippen LogP contribution in [0.2, 0.25) is 0 Å². The van der Waals surface area contributed by atoms with Crippen LogP contribution in [-0.4, -0.2) is 10.2 Å². The van der Waals surface area contributed by atoms with E-state index in [4.69, 9.17) is 5.11 Å². The van der Waals surface area contributed by atoms with Crippen LogP contribution in [0, 0.1) is 0 Å². The highest BCUT2D eigenvalue weighted by Gasteiger charge is 1.99. The van der Waals surface area contributed by atoms with Gasteiger partial charge in [0.25, 0.3) is 0 Å². The first-order chi connectivity index (χ1) is 10.3. The highest BCUT2D eigenvalue weighted by atomic mass is 16.3. The lowest BCUT2D eigenvalue weighted by molar-refractivity contribution is 0.469. The maximum Gasteiger partial charge on any atom is 0.119 e. The van der Waals surface area contributed by atoms with E-state index in [0.29, 0.717) is 11.5 Å². The molecule has 2 heteroatoms. The van der Waals surface area contributed by atoms with Crippen LogP contribution in [0.25, 0.3) is 0 Å². The summed E-state index contributed by atoms with van der Waals surface area (Å²) in [4.78, 5) is 0. The third-order valence-electron chi connectivity index (χ3n) is 2.99. The van der Waals surface area contributed by atoms with Crippen LogP contribution in [-0.2, 0) is 6.42 Å². The Kier molecular flexibility index (Phi) is 5.41. The molecule has 0 aliphatic heterocycles. The molecule has 0 fully saturated rings. The molecule has 3 aromatic carbocycles. The van der Waals surface area contributed by atoms with Crippen LogP contribution < -0.4 is 0 Å². The van der Waals surface area contributed by atoms with E-state index in [1.54, 1.807) is 30.3 Å². The van der Waals surface area contributed by atoms with Gasteiger partial charge < -0.3 is 10.2 Å². The molecule has 0 radical (unpaired) electrons. The van der Waals surface area contributed by atoms with Gasteiger partial charge in [0, 0.05) is 6.42 Å². The van der Waals surface area contributed by atoms with Gasteiger partial charge >= 0.3 is 0 Å². The van der Waals surface area contributed by atoms with Crippen molar-refractivity contribution in [2.24, 2.45) is 0 Å². The number of aromatic hydroxyl groups is 2. The van der Waals surface area contributed by atoms with Gasteiger partial charge in [-0.1, -0.05) is 66.7 Å². The number of para-hydroxylation sites is 2. The molecule has 0 saturated heterocycles. The second-order valence-corrected chi connectivity index (χ2v) is 4.63. The highest BCUT2D eigenvalue weighted by molar-refractivity contribution is 5.36. The fourth-order valence-corrected chi connectivity index (χ4v) is 1.90. The van der Waals surface area contributed by atoms with E-state index in [1.807, 2.05) is 42.5 Å². The summed E-state index contributed by atoms with van der Waals surface area (Å²) in [7, 11) is 0. The average Bonchev–Trinajstić information content (AvgIpc) is 2.52. The molecule has 0 atom stereocenters. The zero-order chi connectivity index (χ0) is 14.9. The molecule has 0 spiro atoms. The minimum Gasteiger partial charge on any atom is -0.508 e. The van der Waals surface area contributed by atoms with Crippen molar-refractivity contribution in [1.29, 1.82) is 0 Å². The molecule has 3 aromatic rings. The van der Waals surface area contributed by atoms with E-state index in [2.05, 4.69) is 12.1 Å². The van der Waals surface area contributed by atoms with E-state index >= 15 is 0 Å². The highest BCUT2D eigenvalue weighted by Crippen LogP contribution is 2.19. The second kappa shape index (κ2) is 7.75. The summed E-state index contributed by atoms with van der Waals surface area (Å²) in [6, 6.07) is 26.3. The molecule has 0 aliphatic rings. The van der Waals surface area contributed by atoms with Crippen LogP contribution >= 0.6 is 0 Å². The molecule has 2 nitrogen and oxygen atoms in total. The van der Waals surface area contributed by atoms with Gasteiger partial charge in [0.1, 0.15) is 11.5 Å². The largest absolute Gasteiger partial charge is 0.508 e. The van der Waals surface area contributed by atoms with E-state index in [9.17, 15) is 5.11 Å². The summed E-state index contributed by atoms with van der Waals surface area (Å²) < 4.78 is 0. The number of benzene rings is 3. The molecule has 2 N–H and O–H groups in total. The van der Waals surface area contributed by atoms with E-state index in [0.717, 1.165) is 12.0 Å². The van der Waals surface area contributed by atoms with Gasteiger partial charge in [-0.15, -0.1) is 0 Å². The predicted molar refractivity (Wildman–Crippen MR) is 85.5 cm³/mol. The van der Waals surface area contributed by atoms with Crippen molar-refractivity contribution in [3.63, 3.8) is 0 Å². The normalized spacial score (nSPS) is 9.52. The van der Waals surface area contributed by atoms with E-state index in [-0.39, 0.29) is 0 Å². The summed E-state index contributed by atoms with van der Waals surface area (Å²) in [5.74, 6) is 0.693. The van der Waals surface area contributed by atoms with Crippen LogP contribution in [0.15, 0.2) is 84.9 Å². The van der Waals surface area contributed by atoms with Gasteiger partial charge in [-0.05, 0) is 29.3 Å². The molecule has 0 heterocycles. The summed E-state index contributed by atoms with van der Waals surface area (Å²) in [6.07, 6.45) is 0.785. The van der Waals surface area contributed by atoms with Gasteiger partial charge in [-0.2, -0.15) is 0 Å². The molecular weight excluding hydrogens is 260 g/mol. The fraction of sp³-hybridized carbons (Fsp3) is 0.0526. The topological polar surface area (TPSA) is 40.5 Å². The lowest BCUT2D eigenvalue weighted by Crippen LogP contribution is -1.87. The molecule has 0 saturated carbocycles. The Morgan fingerprint density at radius 1 is 0.571 bits per heavy atom. The Labute approximate surface area is 125 Å². The van der Waals surface area contributed by atoms with Crippen molar-refractivity contribution in [3.05, 3.63) is 96.1 Å². The van der Waals surface area contributed by atoms with Crippen LogP contribution in [0.3, 0.4) is 0 Å². The van der Waals surface area contributed by atoms with Crippen LogP contribution in [0.5, 0.6) is 11.5 Å². The maximum atomic E-state index is 9.57. The van der Waals surface area contributed by atoms with Crippen molar-refractivity contribution in [2.45, 2.75) is 6.42 Å². The quantitative estimate of drug-likeness (QED) is 0.730. The summed E-state index contributed by atoms with van der Waals surface area (Å²) >= 11 is 0. The first kappa shape index (κ1) is 14.7. The average molecular weight is 278 g/mol. The Morgan fingerprint density at radius 3 is 1.62 bits per heavy atom. The molecule has 106 valence electrons. The van der Waals surface area contributed by atoms with Crippen LogP contribution in [0.1, 0.15) is 11.1 Å². The SMILES string of the molecule is Oc1ccccc1.Oc1ccccc1Cc1ccccc1. The summed E-state index contributed by atoms with van der Waals surface area (Å²) in [5, 5.41) is 18.2. The van der Waals surface area contributed by atoms with Crippen molar-refractivity contribution >= 4 is 0 Å². The Hall–Kier alpha value is -2.74. The van der Waals surface area contributed by atoms with Gasteiger partial charge in [-0.3, -0.25) is 0 Å². The minimum atomic E-state index is 0.322. The zero-order valence-corrected chi connectivity index (χ0v) is 11.7. The lowest BCUT2D eigenvalue weighted by atomic mass is 10.0. The monoisotopic (exact) mass is 278 g/mol. The van der Waals surface area contributed by atoms with Crippen molar-refractivity contribution in [1.82, 2.24) is 0 Å². The van der Waals surface area contributed by atoms with Crippen molar-refractivity contribution in [3.8, 4) is 11.5 Å². The molecule has 0 bridgehead atoms. The number of phenolic OH excluding ortho intramolecular Hbond substituents is 2. The number of phenols is 2. The molecule has 0 unspecified atom stereocenters. The first-order valence-electron chi connectivity index (χ1n) is 6.80. The molecule has 0 aromatic heterocycles. The minimum absolute atomic E-state index is 0.322. The third kappa shape index (κ3) is 5.03. The van der Waals surface area contributed by atoms with Crippen molar-refractivity contribution in [2.75, 3.05) is 0 Å². The fourth-order valence-electron chi connectivity index (χ4n) is 1.90. The van der Waals surface area contributed by atoms with E-state index < -0.39 is 0 Å².